The molecule has 0 aliphatic carbocycles. The van der Waals surface area contributed by atoms with Gasteiger partial charge in [-0.15, -0.1) is 0 Å². The number of rotatable bonds is 30. The first kappa shape index (κ1) is 73.1. The number of benzene rings is 2. The fraction of sp³-hybridized carbons (Fsp3) is 0.738. The third-order valence-electron chi connectivity index (χ3n) is 14.5. The molecule has 18 heteroatoms. The van der Waals surface area contributed by atoms with E-state index in [0.29, 0.717) is 46.1 Å². The van der Waals surface area contributed by atoms with Gasteiger partial charge in [-0.1, -0.05) is 135 Å². The quantitative estimate of drug-likeness (QED) is 0.0384. The number of carbonyl (C=O) groups is 4. The second-order valence-corrected chi connectivity index (χ2v) is 36.4. The van der Waals surface area contributed by atoms with E-state index in [0.717, 1.165) is 11.1 Å². The van der Waals surface area contributed by atoms with Crippen molar-refractivity contribution < 1.29 is 65.6 Å². The predicted molar refractivity (Wildman–Crippen MR) is 316 cm³/mol. The molecule has 2 rings (SSSR count). The van der Waals surface area contributed by atoms with E-state index in [1.807, 2.05) is 0 Å². The zero-order valence-electron chi connectivity index (χ0n) is 52.6. The molecule has 0 unspecified atom stereocenters. The average Bonchev–Trinajstić information content (AvgIpc) is 3.30. The summed E-state index contributed by atoms with van der Waals surface area (Å²) in [6.07, 6.45) is -1.46. The largest absolute Gasteiger partial charge is 0.480 e. The Labute approximate surface area is 477 Å². The molecule has 0 radical (unpaired) electrons. The summed E-state index contributed by atoms with van der Waals surface area (Å²) in [6.45, 7) is 46.1. The van der Waals surface area contributed by atoms with Crippen molar-refractivity contribution in [1.82, 2.24) is 10.6 Å². The van der Waals surface area contributed by atoms with Crippen molar-refractivity contribution in [2.45, 2.75) is 259 Å². The molecule has 14 nitrogen and oxygen atoms in total. The number of carboxylic acid groups (broad SMARTS) is 1. The van der Waals surface area contributed by atoms with E-state index in [9.17, 15) is 33.1 Å². The highest BCUT2D eigenvalue weighted by molar-refractivity contribution is 6.78. The zero-order valence-corrected chi connectivity index (χ0v) is 54.6. The molecule has 0 aliphatic heterocycles. The molecule has 0 fully saturated rings. The third kappa shape index (κ3) is 24.2. The van der Waals surface area contributed by atoms with Gasteiger partial charge >= 0.3 is 24.1 Å². The van der Waals surface area contributed by atoms with E-state index in [2.05, 4.69) is 121 Å². The summed E-state index contributed by atoms with van der Waals surface area (Å²) in [5.74, 6) is -2.08. The van der Waals surface area contributed by atoms with E-state index in [4.69, 9.17) is 32.5 Å². The molecule has 0 bridgehead atoms. The molecule has 79 heavy (non-hydrogen) atoms. The van der Waals surface area contributed by atoms with Gasteiger partial charge in [0, 0.05) is 38.9 Å². The predicted octanol–water partition coefficient (Wildman–Crippen LogP) is 14.8. The minimum absolute atomic E-state index is 0.0560. The number of hydrogen-bond donors (Lipinski definition) is 3. The molecule has 2 aromatic carbocycles. The molecule has 6 atom stereocenters. The maximum Gasteiger partial charge on any atom is 0.408 e. The first-order chi connectivity index (χ1) is 36.3. The number of carboxylic acids is 1. The van der Waals surface area contributed by atoms with Gasteiger partial charge in [-0.2, -0.15) is 0 Å². The molecule has 0 spiro atoms. The molecule has 0 heterocycles. The molecule has 2 amide bonds. The van der Waals surface area contributed by atoms with Crippen molar-refractivity contribution in [3.05, 3.63) is 71.3 Å². The molecule has 0 aliphatic rings. The number of hydrogen-bond acceptors (Lipinski definition) is 11. The number of methoxy groups -OCH3 is 1. The highest BCUT2D eigenvalue weighted by Crippen LogP contribution is 2.46. The SMILES string of the molecule is CC(C)[C@H](O[Si](C(C)C)(C(C)C)C(C)C)[C@@H](Cc1ccc(F)cc1)OCC[C@H](NC(=O)OC(C)(C)C)C(=O)O.COC(=O)[C@H](CCO[C@H](Cc1ccc(F)cc1)[C@@H](O[Si](C(C)C)(C(C)C)C(C)C)C(C)C)NC(=O)OC(C)(C)C. The molecule has 0 saturated heterocycles. The van der Waals surface area contributed by atoms with Gasteiger partial charge in [0.2, 0.25) is 16.6 Å². The maximum absolute atomic E-state index is 13.7. The van der Waals surface area contributed by atoms with Crippen LogP contribution < -0.4 is 10.6 Å². The van der Waals surface area contributed by atoms with Crippen LogP contribution in [0.25, 0.3) is 0 Å². The van der Waals surface area contributed by atoms with Crippen LogP contribution in [0.1, 0.15) is 176 Å². The van der Waals surface area contributed by atoms with Gasteiger partial charge in [0.25, 0.3) is 0 Å². The number of halogens is 2. The average molecular weight is 1150 g/mol. The zero-order chi connectivity index (χ0) is 61.0. The molecular formula is C61H106F2N2O12Si2. The fourth-order valence-corrected chi connectivity index (χ4v) is 22.5. The van der Waals surface area contributed by atoms with Crippen molar-refractivity contribution >= 4 is 40.8 Å². The fourth-order valence-electron chi connectivity index (χ4n) is 11.0. The number of aliphatic carboxylic acids is 1. The van der Waals surface area contributed by atoms with Gasteiger partial charge < -0.3 is 48.3 Å². The van der Waals surface area contributed by atoms with Crippen LogP contribution >= 0.6 is 0 Å². The van der Waals surface area contributed by atoms with E-state index in [1.54, 1.807) is 65.8 Å². The normalized spacial score (nSPS) is 15.0. The summed E-state index contributed by atoms with van der Waals surface area (Å²) in [5, 5.41) is 14.7. The number of amides is 2. The highest BCUT2D eigenvalue weighted by atomic mass is 28.4. The van der Waals surface area contributed by atoms with Crippen LogP contribution in [-0.4, -0.2) is 114 Å². The van der Waals surface area contributed by atoms with Crippen molar-refractivity contribution in [1.29, 1.82) is 0 Å². The summed E-state index contributed by atoms with van der Waals surface area (Å²) in [5.41, 5.74) is 2.69. The number of carbonyl (C=O) groups excluding carboxylic acids is 3. The Hall–Kier alpha value is -3.95. The first-order valence-electron chi connectivity index (χ1n) is 28.7. The topological polar surface area (TPSA) is 177 Å². The van der Waals surface area contributed by atoms with Crippen LogP contribution in [0.15, 0.2) is 48.5 Å². The number of esters is 1. The molecular weight excluding hydrogens is 1050 g/mol. The molecule has 0 aromatic heterocycles. The van der Waals surface area contributed by atoms with Gasteiger partial charge in [0.05, 0.1) is 31.5 Å². The van der Waals surface area contributed by atoms with Gasteiger partial charge in [-0.05, 0) is 122 Å². The Bertz CT molecular complexity index is 2060. The Morgan fingerprint density at radius 3 is 1.05 bits per heavy atom. The van der Waals surface area contributed by atoms with E-state index in [-0.39, 0.29) is 67.8 Å². The number of ether oxygens (including phenoxy) is 5. The maximum atomic E-state index is 13.7. The first-order valence-corrected chi connectivity index (χ1v) is 33.0. The third-order valence-corrected chi connectivity index (χ3v) is 26.7. The van der Waals surface area contributed by atoms with Crippen molar-refractivity contribution in [2.24, 2.45) is 11.8 Å². The van der Waals surface area contributed by atoms with Gasteiger partial charge in [-0.3, -0.25) is 0 Å². The second-order valence-electron chi connectivity index (χ2n) is 25.6. The van der Waals surface area contributed by atoms with Gasteiger partial charge in [-0.25, -0.2) is 28.0 Å². The van der Waals surface area contributed by atoms with Crippen molar-refractivity contribution in [2.75, 3.05) is 20.3 Å². The van der Waals surface area contributed by atoms with Crippen molar-refractivity contribution in [3.63, 3.8) is 0 Å². The van der Waals surface area contributed by atoms with Crippen LogP contribution in [0.4, 0.5) is 18.4 Å². The lowest BCUT2D eigenvalue weighted by molar-refractivity contribution is -0.144. The second kappa shape index (κ2) is 33.2. The van der Waals surface area contributed by atoms with Crippen LogP contribution in [0.2, 0.25) is 33.2 Å². The monoisotopic (exact) mass is 1150 g/mol. The van der Waals surface area contributed by atoms with Crippen LogP contribution in [0.5, 0.6) is 0 Å². The molecule has 0 saturated carbocycles. The lowest BCUT2D eigenvalue weighted by Crippen LogP contribution is -2.54. The number of alkyl carbamates (subject to hydrolysis) is 2. The standard InChI is InChI=1S/C31H54FNO6Si.C30H52FNO6Si/c1-20(2)28(39-40(21(3)4,22(5)6)23(7)8)27(19-24-13-15-25(32)16-14-24)37-18-17-26(29(34)36-12)33-30(35)38-31(9,10)11;1-19(2)27(38-39(20(3)4,21(5)6)22(7)8)26(18-23-12-14-24(31)15-13-23)36-17-16-25(28(33)34)32-29(35)37-30(9,10)11/h13-16,20-23,26-28H,17-19H2,1-12H3,(H,33,35);12-15,19-22,25-27H,16-18H2,1-11H3,(H,32,35)(H,33,34)/t26-,27+,28-;25-,26+,27-/m00/s1. The minimum Gasteiger partial charge on any atom is -0.480 e. The molecule has 2 aromatic rings. The Balaban J connectivity index is 0.000000790. The highest BCUT2D eigenvalue weighted by Gasteiger charge is 2.50. The van der Waals surface area contributed by atoms with Crippen LogP contribution in [0, 0.1) is 23.5 Å². The summed E-state index contributed by atoms with van der Waals surface area (Å²) in [4.78, 5) is 48.9. The van der Waals surface area contributed by atoms with E-state index >= 15 is 0 Å². The summed E-state index contributed by atoms with van der Waals surface area (Å²) in [7, 11) is -3.25. The van der Waals surface area contributed by atoms with Crippen LogP contribution in [-0.2, 0) is 55.0 Å². The smallest absolute Gasteiger partial charge is 0.408 e. The van der Waals surface area contributed by atoms with Crippen molar-refractivity contribution in [3.8, 4) is 0 Å². The summed E-state index contributed by atoms with van der Waals surface area (Å²) in [6, 6.07) is 10.7. The lowest BCUT2D eigenvalue weighted by Gasteiger charge is -2.47. The van der Waals surface area contributed by atoms with Gasteiger partial charge in [0.1, 0.15) is 34.9 Å². The summed E-state index contributed by atoms with van der Waals surface area (Å²) >= 11 is 0. The lowest BCUT2D eigenvalue weighted by atomic mass is 9.96. The van der Waals surface area contributed by atoms with E-state index < -0.39 is 70.1 Å². The Morgan fingerprint density at radius 1 is 0.506 bits per heavy atom. The Kier molecular flexibility index (Phi) is 30.7. The number of nitrogens with one attached hydrogen (secondary N) is 2. The molecule has 3 N–H and O–H groups in total. The van der Waals surface area contributed by atoms with E-state index in [1.165, 1.54) is 31.4 Å². The molecule has 454 valence electrons. The minimum atomic E-state index is -2.27. The van der Waals surface area contributed by atoms with Gasteiger partial charge in [0.15, 0.2) is 0 Å². The summed E-state index contributed by atoms with van der Waals surface area (Å²) < 4.78 is 70.1. The van der Waals surface area contributed by atoms with Crippen LogP contribution in [0.3, 0.4) is 0 Å². The Morgan fingerprint density at radius 2 is 0.797 bits per heavy atom.